The number of halogens is 2. The van der Waals surface area contributed by atoms with Gasteiger partial charge in [0, 0.05) is 30.2 Å². The lowest BCUT2D eigenvalue weighted by atomic mass is 10.1. The van der Waals surface area contributed by atoms with Gasteiger partial charge >= 0.3 is 5.97 Å². The Bertz CT molecular complexity index is 474. The predicted octanol–water partition coefficient (Wildman–Crippen LogP) is 3.07. The summed E-state index contributed by atoms with van der Waals surface area (Å²) in [5.74, 6) is -0.237. The Morgan fingerprint density at radius 3 is 2.84 bits per heavy atom. The molecule has 1 aromatic carbocycles. The van der Waals surface area contributed by atoms with Crippen LogP contribution in [0.3, 0.4) is 0 Å². The number of ether oxygens (including phenoxy) is 1. The van der Waals surface area contributed by atoms with Crippen LogP contribution in [-0.2, 0) is 16.1 Å². The van der Waals surface area contributed by atoms with Crippen LogP contribution in [0.25, 0.3) is 0 Å². The number of carbonyl (C=O) groups excluding carboxylic acids is 1. The molecule has 0 aromatic heterocycles. The smallest absolute Gasteiger partial charge is 0.334 e. The van der Waals surface area contributed by atoms with E-state index in [9.17, 15) is 4.79 Å². The van der Waals surface area contributed by atoms with Crippen LogP contribution in [0, 0.1) is 0 Å². The van der Waals surface area contributed by atoms with E-state index in [-0.39, 0.29) is 18.4 Å². The fourth-order valence-electron chi connectivity index (χ4n) is 2.09. The second-order valence-corrected chi connectivity index (χ2v) is 4.72. The predicted molar refractivity (Wildman–Crippen MR) is 78.7 cm³/mol. The largest absolute Gasteiger partial charge is 0.466 e. The van der Waals surface area contributed by atoms with E-state index in [0.717, 1.165) is 35.7 Å². The van der Waals surface area contributed by atoms with Gasteiger partial charge in [0.05, 0.1) is 7.11 Å². The first-order valence-electron chi connectivity index (χ1n) is 5.94. The second kappa shape index (κ2) is 7.53. The molecule has 1 aliphatic heterocycles. The summed E-state index contributed by atoms with van der Waals surface area (Å²) in [4.78, 5) is 13.7. The van der Waals surface area contributed by atoms with Crippen molar-refractivity contribution in [1.82, 2.24) is 4.90 Å². The van der Waals surface area contributed by atoms with Crippen LogP contribution in [0.4, 0.5) is 0 Å². The number of hydrogen-bond donors (Lipinski definition) is 0. The average Bonchev–Trinajstić information content (AvgIpc) is 2.41. The number of esters is 1. The highest BCUT2D eigenvalue weighted by Gasteiger charge is 2.19. The van der Waals surface area contributed by atoms with Gasteiger partial charge in [-0.05, 0) is 18.1 Å². The molecule has 5 heteroatoms. The summed E-state index contributed by atoms with van der Waals surface area (Å²) < 4.78 is 4.75. The van der Waals surface area contributed by atoms with Crippen molar-refractivity contribution in [3.05, 3.63) is 46.5 Å². The first-order valence-corrected chi connectivity index (χ1v) is 6.31. The number of nitrogens with zero attached hydrogens (tertiary/aromatic N) is 1. The second-order valence-electron chi connectivity index (χ2n) is 4.31. The summed E-state index contributed by atoms with van der Waals surface area (Å²) in [6.45, 7) is 2.32. The molecule has 0 fully saturated rings. The van der Waals surface area contributed by atoms with E-state index < -0.39 is 0 Å². The molecule has 0 atom stereocenters. The number of benzene rings is 1. The lowest BCUT2D eigenvalue weighted by Gasteiger charge is -2.26. The van der Waals surface area contributed by atoms with Crippen LogP contribution in [0.1, 0.15) is 12.0 Å². The van der Waals surface area contributed by atoms with E-state index in [4.69, 9.17) is 16.3 Å². The van der Waals surface area contributed by atoms with Gasteiger partial charge in [-0.25, -0.2) is 4.79 Å². The van der Waals surface area contributed by atoms with E-state index in [2.05, 4.69) is 4.90 Å². The molecule has 0 saturated heterocycles. The fourth-order valence-corrected chi connectivity index (χ4v) is 2.28. The highest BCUT2D eigenvalue weighted by Crippen LogP contribution is 2.19. The van der Waals surface area contributed by atoms with Gasteiger partial charge in [0.2, 0.25) is 0 Å². The van der Waals surface area contributed by atoms with Crippen molar-refractivity contribution in [3.8, 4) is 0 Å². The molecule has 2 rings (SSSR count). The maximum Gasteiger partial charge on any atom is 0.334 e. The SMILES string of the molecule is COC(=O)C1=CCCN(Cc2ccccc2Cl)C1.Cl. The van der Waals surface area contributed by atoms with Crippen LogP contribution >= 0.6 is 24.0 Å². The molecule has 3 nitrogen and oxygen atoms in total. The average molecular weight is 302 g/mol. The van der Waals surface area contributed by atoms with Gasteiger partial charge in [-0.15, -0.1) is 12.4 Å². The number of rotatable bonds is 3. The number of hydrogen-bond acceptors (Lipinski definition) is 3. The number of carbonyl (C=O) groups is 1. The Morgan fingerprint density at radius 1 is 1.42 bits per heavy atom. The summed E-state index contributed by atoms with van der Waals surface area (Å²) in [6, 6.07) is 7.79. The van der Waals surface area contributed by atoms with Crippen molar-refractivity contribution in [1.29, 1.82) is 0 Å². The van der Waals surface area contributed by atoms with Crippen LogP contribution in [0.2, 0.25) is 5.02 Å². The number of methoxy groups -OCH3 is 1. The third-order valence-electron chi connectivity index (χ3n) is 3.03. The van der Waals surface area contributed by atoms with Crippen LogP contribution in [0.5, 0.6) is 0 Å². The monoisotopic (exact) mass is 301 g/mol. The third kappa shape index (κ3) is 4.23. The Kier molecular flexibility index (Phi) is 6.35. The zero-order valence-electron chi connectivity index (χ0n) is 10.8. The van der Waals surface area contributed by atoms with Gasteiger partial charge in [0.1, 0.15) is 0 Å². The highest BCUT2D eigenvalue weighted by atomic mass is 35.5. The maximum absolute atomic E-state index is 11.5. The molecule has 0 unspecified atom stereocenters. The molecular formula is C14H17Cl2NO2. The summed E-state index contributed by atoms with van der Waals surface area (Å²) in [6.07, 6.45) is 2.82. The van der Waals surface area contributed by atoms with Crippen molar-refractivity contribution >= 4 is 30.0 Å². The van der Waals surface area contributed by atoms with Crippen molar-refractivity contribution in [2.75, 3.05) is 20.2 Å². The van der Waals surface area contributed by atoms with Crippen molar-refractivity contribution in [2.24, 2.45) is 0 Å². The van der Waals surface area contributed by atoms with E-state index in [1.165, 1.54) is 7.11 Å². The summed E-state index contributed by atoms with van der Waals surface area (Å²) in [5, 5.41) is 0.770. The van der Waals surface area contributed by atoms with Gasteiger partial charge in [0.15, 0.2) is 0 Å². The molecule has 104 valence electrons. The molecule has 1 aliphatic rings. The maximum atomic E-state index is 11.5. The van der Waals surface area contributed by atoms with Gasteiger partial charge in [-0.2, -0.15) is 0 Å². The molecule has 0 N–H and O–H groups in total. The molecule has 0 saturated carbocycles. The van der Waals surface area contributed by atoms with Crippen LogP contribution < -0.4 is 0 Å². The Labute approximate surface area is 124 Å². The minimum absolute atomic E-state index is 0. The van der Waals surface area contributed by atoms with Crippen LogP contribution in [-0.4, -0.2) is 31.1 Å². The Balaban J connectivity index is 0.00000180. The first kappa shape index (κ1) is 16.0. The minimum Gasteiger partial charge on any atom is -0.466 e. The summed E-state index contributed by atoms with van der Waals surface area (Å²) in [7, 11) is 1.41. The van der Waals surface area contributed by atoms with Gasteiger partial charge in [0.25, 0.3) is 0 Å². The first-order chi connectivity index (χ1) is 8.70. The molecule has 1 heterocycles. The Morgan fingerprint density at radius 2 is 2.16 bits per heavy atom. The van der Waals surface area contributed by atoms with E-state index >= 15 is 0 Å². The van der Waals surface area contributed by atoms with Crippen molar-refractivity contribution in [3.63, 3.8) is 0 Å². The third-order valence-corrected chi connectivity index (χ3v) is 3.40. The van der Waals surface area contributed by atoms with Gasteiger partial charge in [-0.1, -0.05) is 35.9 Å². The van der Waals surface area contributed by atoms with Crippen LogP contribution in [0.15, 0.2) is 35.9 Å². The zero-order chi connectivity index (χ0) is 13.0. The lowest BCUT2D eigenvalue weighted by molar-refractivity contribution is -0.136. The topological polar surface area (TPSA) is 29.5 Å². The standard InChI is InChI=1S/C14H16ClNO2.ClH/c1-18-14(17)12-6-4-8-16(10-12)9-11-5-2-3-7-13(11)15;/h2-3,5-7H,4,8-10H2,1H3;1H. The lowest BCUT2D eigenvalue weighted by Crippen LogP contribution is -2.32. The molecule has 19 heavy (non-hydrogen) atoms. The molecule has 1 aromatic rings. The Hall–Kier alpha value is -1.03. The fraction of sp³-hybridized carbons (Fsp3) is 0.357. The van der Waals surface area contributed by atoms with Crippen molar-refractivity contribution < 1.29 is 9.53 Å². The van der Waals surface area contributed by atoms with E-state index in [1.54, 1.807) is 0 Å². The molecular weight excluding hydrogens is 285 g/mol. The minimum atomic E-state index is -0.237. The van der Waals surface area contributed by atoms with Gasteiger partial charge < -0.3 is 4.74 Å². The summed E-state index contributed by atoms with van der Waals surface area (Å²) >= 11 is 6.14. The zero-order valence-corrected chi connectivity index (χ0v) is 12.3. The molecule has 0 amide bonds. The molecule has 0 aliphatic carbocycles. The molecule has 0 radical (unpaired) electrons. The van der Waals surface area contributed by atoms with E-state index in [0.29, 0.717) is 6.54 Å². The quantitative estimate of drug-likeness (QED) is 0.804. The molecule has 0 bridgehead atoms. The molecule has 0 spiro atoms. The van der Waals surface area contributed by atoms with E-state index in [1.807, 2.05) is 30.3 Å². The highest BCUT2D eigenvalue weighted by molar-refractivity contribution is 6.31. The van der Waals surface area contributed by atoms with Crippen molar-refractivity contribution in [2.45, 2.75) is 13.0 Å². The van der Waals surface area contributed by atoms with Gasteiger partial charge in [-0.3, -0.25) is 4.90 Å². The normalized spacial score (nSPS) is 15.4. The summed E-state index contributed by atoms with van der Waals surface area (Å²) in [5.41, 5.74) is 1.82.